The van der Waals surface area contributed by atoms with Crippen molar-refractivity contribution in [2.24, 2.45) is 0 Å². The first-order valence-electron chi connectivity index (χ1n) is 10.1. The van der Waals surface area contributed by atoms with E-state index in [0.29, 0.717) is 0 Å². The van der Waals surface area contributed by atoms with Crippen molar-refractivity contribution in [1.82, 2.24) is 0 Å². The van der Waals surface area contributed by atoms with Crippen LogP contribution >= 0.6 is 31.9 Å². The lowest BCUT2D eigenvalue weighted by Crippen LogP contribution is -1.98. The molecule has 0 aliphatic heterocycles. The van der Waals surface area contributed by atoms with Crippen molar-refractivity contribution in [3.63, 3.8) is 0 Å². The van der Waals surface area contributed by atoms with Gasteiger partial charge in [-0.15, -0.1) is 0 Å². The first-order valence-corrected chi connectivity index (χ1v) is 11.7. The highest BCUT2D eigenvalue weighted by Gasteiger charge is 2.17. The van der Waals surface area contributed by atoms with E-state index >= 15 is 0 Å². The van der Waals surface area contributed by atoms with E-state index in [2.05, 4.69) is 105 Å². The summed E-state index contributed by atoms with van der Waals surface area (Å²) in [6.45, 7) is 0. The molecule has 0 amide bonds. The summed E-state index contributed by atoms with van der Waals surface area (Å²) in [6.07, 6.45) is 0. The lowest BCUT2D eigenvalue weighted by Gasteiger charge is -2.19. The maximum absolute atomic E-state index is 5.40. The molecule has 0 radical (unpaired) electrons. The molecule has 0 N–H and O–H groups in total. The second kappa shape index (κ2) is 10.2. The zero-order chi connectivity index (χ0) is 22.5. The molecule has 0 fully saturated rings. The maximum Gasteiger partial charge on any atom is 0.118 e. The molecule has 0 aliphatic rings. The monoisotopic (exact) mass is 548 g/mol. The molecule has 0 aliphatic carbocycles. The van der Waals surface area contributed by atoms with E-state index in [0.717, 1.165) is 53.8 Å². The smallest absolute Gasteiger partial charge is 0.118 e. The third-order valence-corrected chi connectivity index (χ3v) is 6.33. The average Bonchev–Trinajstić information content (AvgIpc) is 2.84. The van der Waals surface area contributed by atoms with E-state index in [1.165, 1.54) is 0 Å². The largest absolute Gasteiger partial charge is 0.497 e. The van der Waals surface area contributed by atoms with Crippen LogP contribution in [0.15, 0.2) is 106 Å². The summed E-state index contributed by atoms with van der Waals surface area (Å²) >= 11 is 7.14. The third kappa shape index (κ3) is 4.98. The quantitative estimate of drug-likeness (QED) is 0.225. The zero-order valence-electron chi connectivity index (χ0n) is 17.8. The van der Waals surface area contributed by atoms with E-state index in [9.17, 15) is 0 Å². The van der Waals surface area contributed by atoms with E-state index in [1.807, 2.05) is 24.3 Å². The number of ether oxygens (including phenoxy) is 2. The highest BCUT2D eigenvalue weighted by molar-refractivity contribution is 9.10. The van der Waals surface area contributed by atoms with Gasteiger partial charge in [-0.05, 0) is 81.9 Å². The second-order valence-electron chi connectivity index (χ2n) is 7.22. The number of hydrogen-bond donors (Lipinski definition) is 0. The molecule has 4 aromatic carbocycles. The molecule has 4 heteroatoms. The van der Waals surface area contributed by atoms with E-state index < -0.39 is 0 Å². The first kappa shape index (κ1) is 22.4. The lowest BCUT2D eigenvalue weighted by molar-refractivity contribution is 0.414. The SMILES string of the molecule is COc1ccc(C(=C(c2ccc(Br)cc2)c2ccc(Br)cc2)c2ccc(OC)cc2)cc1. The number of hydrogen-bond acceptors (Lipinski definition) is 2. The summed E-state index contributed by atoms with van der Waals surface area (Å²) in [6, 6.07) is 33.3. The summed E-state index contributed by atoms with van der Waals surface area (Å²) in [4.78, 5) is 0. The van der Waals surface area contributed by atoms with Crippen LogP contribution in [0.5, 0.6) is 11.5 Å². The van der Waals surface area contributed by atoms with Crippen LogP contribution in [-0.4, -0.2) is 14.2 Å². The summed E-state index contributed by atoms with van der Waals surface area (Å²) < 4.78 is 12.9. The van der Waals surface area contributed by atoms with Crippen molar-refractivity contribution in [3.05, 3.63) is 128 Å². The Kier molecular flexibility index (Phi) is 7.13. The van der Waals surface area contributed by atoms with E-state index in [4.69, 9.17) is 9.47 Å². The van der Waals surface area contributed by atoms with Crippen molar-refractivity contribution >= 4 is 43.0 Å². The summed E-state index contributed by atoms with van der Waals surface area (Å²) in [5.74, 6) is 1.66. The van der Waals surface area contributed by atoms with Gasteiger partial charge >= 0.3 is 0 Å². The highest BCUT2D eigenvalue weighted by Crippen LogP contribution is 2.38. The van der Waals surface area contributed by atoms with Crippen LogP contribution in [0, 0.1) is 0 Å². The van der Waals surface area contributed by atoms with Gasteiger partial charge in [0.15, 0.2) is 0 Å². The lowest BCUT2D eigenvalue weighted by atomic mass is 9.86. The molecule has 0 atom stereocenters. The fourth-order valence-corrected chi connectivity index (χ4v) is 4.19. The van der Waals surface area contributed by atoms with Gasteiger partial charge in [-0.2, -0.15) is 0 Å². The molecule has 0 spiro atoms. The third-order valence-electron chi connectivity index (χ3n) is 5.27. The molecule has 0 aromatic heterocycles. The van der Waals surface area contributed by atoms with Gasteiger partial charge in [0.1, 0.15) is 11.5 Å². The Hall–Kier alpha value is -2.82. The molecule has 32 heavy (non-hydrogen) atoms. The average molecular weight is 550 g/mol. The Labute approximate surface area is 205 Å². The number of benzene rings is 4. The molecule has 160 valence electrons. The molecule has 0 bridgehead atoms. The van der Waals surface area contributed by atoms with Crippen LogP contribution in [0.3, 0.4) is 0 Å². The molecular weight excluding hydrogens is 528 g/mol. The summed E-state index contributed by atoms with van der Waals surface area (Å²) in [5, 5.41) is 0. The highest BCUT2D eigenvalue weighted by atomic mass is 79.9. The molecule has 0 saturated heterocycles. The molecule has 4 rings (SSSR count). The minimum Gasteiger partial charge on any atom is -0.497 e. The van der Waals surface area contributed by atoms with Crippen LogP contribution in [0.2, 0.25) is 0 Å². The predicted octanol–water partition coefficient (Wildman–Crippen LogP) is 8.24. The predicted molar refractivity (Wildman–Crippen MR) is 139 cm³/mol. The van der Waals surface area contributed by atoms with Gasteiger partial charge in [0.2, 0.25) is 0 Å². The van der Waals surface area contributed by atoms with Crippen LogP contribution < -0.4 is 9.47 Å². The van der Waals surface area contributed by atoms with Crippen molar-refractivity contribution < 1.29 is 9.47 Å². The Morgan fingerprint density at radius 1 is 0.438 bits per heavy atom. The number of halogens is 2. The Morgan fingerprint density at radius 2 is 0.688 bits per heavy atom. The number of methoxy groups -OCH3 is 2. The van der Waals surface area contributed by atoms with Gasteiger partial charge in [-0.1, -0.05) is 80.4 Å². The molecular formula is C28H22Br2O2. The van der Waals surface area contributed by atoms with Crippen LogP contribution in [-0.2, 0) is 0 Å². The van der Waals surface area contributed by atoms with Crippen molar-refractivity contribution in [1.29, 1.82) is 0 Å². The first-order chi connectivity index (χ1) is 15.6. The van der Waals surface area contributed by atoms with Gasteiger partial charge in [0, 0.05) is 8.95 Å². The van der Waals surface area contributed by atoms with E-state index in [-0.39, 0.29) is 0 Å². The summed E-state index contributed by atoms with van der Waals surface area (Å²) in [5.41, 5.74) is 6.78. The van der Waals surface area contributed by atoms with Gasteiger partial charge in [0.25, 0.3) is 0 Å². The Morgan fingerprint density at radius 3 is 0.938 bits per heavy atom. The van der Waals surface area contributed by atoms with Crippen molar-refractivity contribution in [3.8, 4) is 11.5 Å². The molecule has 0 heterocycles. The zero-order valence-corrected chi connectivity index (χ0v) is 21.0. The van der Waals surface area contributed by atoms with E-state index in [1.54, 1.807) is 14.2 Å². The fourth-order valence-electron chi connectivity index (χ4n) is 3.66. The van der Waals surface area contributed by atoms with Crippen molar-refractivity contribution in [2.45, 2.75) is 0 Å². The van der Waals surface area contributed by atoms with Crippen LogP contribution in [0.25, 0.3) is 11.1 Å². The second-order valence-corrected chi connectivity index (χ2v) is 9.05. The standard InChI is InChI=1S/C28H22Br2O2/c1-31-25-15-7-21(8-16-25)28(22-9-17-26(32-2)18-10-22)27(19-3-11-23(29)12-4-19)20-5-13-24(30)14-6-20/h3-18H,1-2H3. The Balaban J connectivity index is 2.04. The molecule has 0 unspecified atom stereocenters. The molecule has 0 saturated carbocycles. The summed E-state index contributed by atoms with van der Waals surface area (Å²) in [7, 11) is 3.37. The normalized spacial score (nSPS) is 10.5. The minimum absolute atomic E-state index is 0.830. The van der Waals surface area contributed by atoms with Gasteiger partial charge in [-0.3, -0.25) is 0 Å². The van der Waals surface area contributed by atoms with Crippen molar-refractivity contribution in [2.75, 3.05) is 14.2 Å². The van der Waals surface area contributed by atoms with Gasteiger partial charge in [0.05, 0.1) is 14.2 Å². The molecule has 4 aromatic rings. The van der Waals surface area contributed by atoms with Gasteiger partial charge < -0.3 is 9.47 Å². The topological polar surface area (TPSA) is 18.5 Å². The number of rotatable bonds is 6. The van der Waals surface area contributed by atoms with Crippen LogP contribution in [0.4, 0.5) is 0 Å². The fraction of sp³-hybridized carbons (Fsp3) is 0.0714. The van der Waals surface area contributed by atoms with Crippen LogP contribution in [0.1, 0.15) is 22.3 Å². The Bertz CT molecular complexity index is 1110. The molecule has 2 nitrogen and oxygen atoms in total. The van der Waals surface area contributed by atoms with Gasteiger partial charge in [-0.25, -0.2) is 0 Å². The minimum atomic E-state index is 0.830. The maximum atomic E-state index is 5.40.